The molecular formula is C13H21N3. The summed E-state index contributed by atoms with van der Waals surface area (Å²) in [6, 6.07) is 4.12. The monoisotopic (exact) mass is 219 g/mol. The minimum absolute atomic E-state index is 0.971. The van der Waals surface area contributed by atoms with Gasteiger partial charge in [0.05, 0.1) is 0 Å². The van der Waals surface area contributed by atoms with E-state index in [9.17, 15) is 0 Å². The van der Waals surface area contributed by atoms with E-state index in [4.69, 9.17) is 0 Å². The van der Waals surface area contributed by atoms with Crippen molar-refractivity contribution in [1.82, 2.24) is 4.98 Å². The van der Waals surface area contributed by atoms with Crippen LogP contribution in [0.4, 0.5) is 11.5 Å². The molecule has 1 heterocycles. The molecule has 1 aromatic rings. The van der Waals surface area contributed by atoms with E-state index in [0.717, 1.165) is 31.2 Å². The zero-order valence-electron chi connectivity index (χ0n) is 10.00. The van der Waals surface area contributed by atoms with Gasteiger partial charge in [0, 0.05) is 31.0 Å². The van der Waals surface area contributed by atoms with E-state index in [-0.39, 0.29) is 0 Å². The van der Waals surface area contributed by atoms with Crippen molar-refractivity contribution in [3.05, 3.63) is 18.3 Å². The summed E-state index contributed by atoms with van der Waals surface area (Å²) >= 11 is 0. The average molecular weight is 219 g/mol. The minimum Gasteiger partial charge on any atom is -0.385 e. The van der Waals surface area contributed by atoms with Crippen molar-refractivity contribution >= 4 is 11.5 Å². The van der Waals surface area contributed by atoms with Crippen LogP contribution in [0.1, 0.15) is 32.6 Å². The molecule has 1 aromatic heterocycles. The molecule has 0 atom stereocenters. The fourth-order valence-corrected chi connectivity index (χ4v) is 1.72. The molecule has 2 N–H and O–H groups in total. The van der Waals surface area contributed by atoms with Crippen LogP contribution in [0.3, 0.4) is 0 Å². The molecule has 0 unspecified atom stereocenters. The lowest BCUT2D eigenvalue weighted by atomic mass is 10.3. The molecule has 1 fully saturated rings. The van der Waals surface area contributed by atoms with Crippen molar-refractivity contribution in [2.45, 2.75) is 32.6 Å². The number of aromatic nitrogens is 1. The van der Waals surface area contributed by atoms with Crippen molar-refractivity contribution in [1.29, 1.82) is 0 Å². The van der Waals surface area contributed by atoms with Gasteiger partial charge in [-0.1, -0.05) is 19.8 Å². The Kier molecular flexibility index (Phi) is 4.03. The maximum atomic E-state index is 4.28. The molecule has 0 bridgehead atoms. The Balaban J connectivity index is 1.77. The lowest BCUT2D eigenvalue weighted by molar-refractivity contribution is 0.760. The summed E-state index contributed by atoms with van der Waals surface area (Å²) < 4.78 is 0. The number of nitrogens with one attached hydrogen (secondary N) is 2. The molecule has 0 saturated heterocycles. The molecule has 0 spiro atoms. The number of hydrogen-bond acceptors (Lipinski definition) is 3. The Labute approximate surface area is 97.7 Å². The van der Waals surface area contributed by atoms with E-state index in [1.165, 1.54) is 24.9 Å². The first kappa shape index (κ1) is 11.2. The van der Waals surface area contributed by atoms with Crippen LogP contribution in [0, 0.1) is 5.92 Å². The van der Waals surface area contributed by atoms with Crippen molar-refractivity contribution in [3.63, 3.8) is 0 Å². The molecule has 16 heavy (non-hydrogen) atoms. The Bertz CT molecular complexity index is 321. The fraction of sp³-hybridized carbons (Fsp3) is 0.615. The quantitative estimate of drug-likeness (QED) is 0.740. The van der Waals surface area contributed by atoms with Gasteiger partial charge in [-0.05, 0) is 24.8 Å². The Morgan fingerprint density at radius 3 is 2.94 bits per heavy atom. The molecule has 0 aliphatic heterocycles. The number of rotatable bonds is 7. The molecule has 1 aliphatic carbocycles. The van der Waals surface area contributed by atoms with Gasteiger partial charge >= 0.3 is 0 Å². The van der Waals surface area contributed by atoms with Gasteiger partial charge in [-0.25, -0.2) is 4.98 Å². The molecule has 0 aromatic carbocycles. The summed E-state index contributed by atoms with van der Waals surface area (Å²) in [5.41, 5.74) is 1.18. The van der Waals surface area contributed by atoms with E-state index in [2.05, 4.69) is 28.6 Å². The molecule has 3 heteroatoms. The number of hydrogen-bond donors (Lipinski definition) is 2. The van der Waals surface area contributed by atoms with Gasteiger partial charge in [0.15, 0.2) is 0 Å². The highest BCUT2D eigenvalue weighted by molar-refractivity contribution is 5.51. The molecular weight excluding hydrogens is 198 g/mol. The molecule has 0 radical (unpaired) electrons. The van der Waals surface area contributed by atoms with Gasteiger partial charge in [0.2, 0.25) is 0 Å². The summed E-state index contributed by atoms with van der Waals surface area (Å²) in [5, 5.41) is 6.75. The van der Waals surface area contributed by atoms with E-state index in [1.807, 2.05) is 12.3 Å². The first-order valence-electron chi connectivity index (χ1n) is 6.32. The summed E-state index contributed by atoms with van der Waals surface area (Å²) in [4.78, 5) is 4.28. The van der Waals surface area contributed by atoms with E-state index < -0.39 is 0 Å². The SMILES string of the molecule is CCCNc1cc(NCCC2CC2)ccn1. The second kappa shape index (κ2) is 5.73. The third-order valence-corrected chi connectivity index (χ3v) is 2.89. The van der Waals surface area contributed by atoms with Gasteiger partial charge in [0.25, 0.3) is 0 Å². The number of pyridine rings is 1. The number of anilines is 2. The highest BCUT2D eigenvalue weighted by atomic mass is 15.0. The molecule has 1 saturated carbocycles. The lowest BCUT2D eigenvalue weighted by Gasteiger charge is -2.08. The zero-order chi connectivity index (χ0) is 11.2. The second-order valence-corrected chi connectivity index (χ2v) is 4.52. The smallest absolute Gasteiger partial charge is 0.127 e. The molecule has 88 valence electrons. The van der Waals surface area contributed by atoms with Gasteiger partial charge in [-0.15, -0.1) is 0 Å². The standard InChI is InChI=1S/C13H21N3/c1-2-7-15-13-10-12(6-9-16-13)14-8-5-11-3-4-11/h6,9-11H,2-5,7-8H2,1H3,(H2,14,15,16). The lowest BCUT2D eigenvalue weighted by Crippen LogP contribution is -2.05. The molecule has 0 amide bonds. The van der Waals surface area contributed by atoms with Crippen molar-refractivity contribution in [2.75, 3.05) is 23.7 Å². The first-order chi connectivity index (χ1) is 7.88. The summed E-state index contributed by atoms with van der Waals surface area (Å²) in [7, 11) is 0. The zero-order valence-corrected chi connectivity index (χ0v) is 10.00. The maximum absolute atomic E-state index is 4.28. The normalized spacial score (nSPS) is 14.8. The summed E-state index contributed by atoms with van der Waals surface area (Å²) in [5.74, 6) is 1.96. The van der Waals surface area contributed by atoms with Gasteiger partial charge in [-0.3, -0.25) is 0 Å². The van der Waals surface area contributed by atoms with Crippen LogP contribution in [0.5, 0.6) is 0 Å². The predicted octanol–water partition coefficient (Wildman–Crippen LogP) is 3.12. The molecule has 2 rings (SSSR count). The van der Waals surface area contributed by atoms with E-state index >= 15 is 0 Å². The Morgan fingerprint density at radius 1 is 1.31 bits per heavy atom. The van der Waals surface area contributed by atoms with Crippen molar-refractivity contribution in [3.8, 4) is 0 Å². The van der Waals surface area contributed by atoms with Gasteiger partial charge in [0.1, 0.15) is 5.82 Å². The van der Waals surface area contributed by atoms with Crippen LogP contribution >= 0.6 is 0 Å². The van der Waals surface area contributed by atoms with Gasteiger partial charge in [-0.2, -0.15) is 0 Å². The van der Waals surface area contributed by atoms with E-state index in [1.54, 1.807) is 0 Å². The van der Waals surface area contributed by atoms with Crippen LogP contribution in [-0.4, -0.2) is 18.1 Å². The third kappa shape index (κ3) is 3.72. The van der Waals surface area contributed by atoms with Gasteiger partial charge < -0.3 is 10.6 Å². The maximum Gasteiger partial charge on any atom is 0.127 e. The highest BCUT2D eigenvalue weighted by Gasteiger charge is 2.19. The van der Waals surface area contributed by atoms with E-state index in [0.29, 0.717) is 0 Å². The predicted molar refractivity (Wildman–Crippen MR) is 68.8 cm³/mol. The minimum atomic E-state index is 0.971. The first-order valence-corrected chi connectivity index (χ1v) is 6.32. The second-order valence-electron chi connectivity index (χ2n) is 4.52. The topological polar surface area (TPSA) is 37.0 Å². The Morgan fingerprint density at radius 2 is 2.19 bits per heavy atom. The fourth-order valence-electron chi connectivity index (χ4n) is 1.72. The van der Waals surface area contributed by atoms with Crippen molar-refractivity contribution in [2.24, 2.45) is 5.92 Å². The summed E-state index contributed by atoms with van der Waals surface area (Å²) in [6.45, 7) is 4.23. The van der Waals surface area contributed by atoms with Crippen LogP contribution in [0.15, 0.2) is 18.3 Å². The van der Waals surface area contributed by atoms with Crippen LogP contribution in [0.25, 0.3) is 0 Å². The van der Waals surface area contributed by atoms with Crippen molar-refractivity contribution < 1.29 is 0 Å². The average Bonchev–Trinajstić information content (AvgIpc) is 3.11. The summed E-state index contributed by atoms with van der Waals surface area (Å²) in [6.07, 6.45) is 7.15. The molecule has 1 aliphatic rings. The highest BCUT2D eigenvalue weighted by Crippen LogP contribution is 2.32. The number of nitrogens with zero attached hydrogens (tertiary/aromatic N) is 1. The van der Waals surface area contributed by atoms with Crippen LogP contribution in [0.2, 0.25) is 0 Å². The van der Waals surface area contributed by atoms with Crippen LogP contribution < -0.4 is 10.6 Å². The van der Waals surface area contributed by atoms with Crippen LogP contribution in [-0.2, 0) is 0 Å². The Hall–Kier alpha value is -1.25. The third-order valence-electron chi connectivity index (χ3n) is 2.89. The largest absolute Gasteiger partial charge is 0.385 e. The molecule has 3 nitrogen and oxygen atoms in total.